The number of alkyl halides is 2. The molecule has 0 bridgehead atoms. The number of carboxylic acids is 1. The normalized spacial score (nSPS) is 11.1. The van der Waals surface area contributed by atoms with Gasteiger partial charge < -0.3 is 15.2 Å². The molecule has 2 aromatic rings. The third-order valence-corrected chi connectivity index (χ3v) is 4.11. The highest BCUT2D eigenvalue weighted by atomic mass is 19.3. The zero-order valence-electron chi connectivity index (χ0n) is 16.2. The first-order valence-corrected chi connectivity index (χ1v) is 8.88. The zero-order valence-corrected chi connectivity index (χ0v) is 16.2. The van der Waals surface area contributed by atoms with Crippen molar-refractivity contribution < 1.29 is 28.2 Å². The van der Waals surface area contributed by atoms with Gasteiger partial charge in [-0.25, -0.2) is 18.6 Å². The topological polar surface area (TPSA) is 91.8 Å². The molecule has 29 heavy (non-hydrogen) atoms. The first-order chi connectivity index (χ1) is 13.8. The molecular formula is C20H23F2N3O4. The first kappa shape index (κ1) is 22.4. The number of hydrogen-bond donors (Lipinski definition) is 2. The first-order valence-electron chi connectivity index (χ1n) is 8.88. The Hall–Kier alpha value is -2.91. The van der Waals surface area contributed by atoms with Crippen LogP contribution >= 0.6 is 0 Å². The van der Waals surface area contributed by atoms with Crippen molar-refractivity contribution in [2.45, 2.75) is 12.8 Å². The fraction of sp³-hybridized carbons (Fsp3) is 0.350. The Kier molecular flexibility index (Phi) is 8.17. The van der Waals surface area contributed by atoms with E-state index in [2.05, 4.69) is 10.3 Å². The van der Waals surface area contributed by atoms with Crippen molar-refractivity contribution >= 4 is 17.6 Å². The van der Waals surface area contributed by atoms with E-state index in [1.165, 1.54) is 12.3 Å². The second-order valence-electron chi connectivity index (χ2n) is 6.50. The predicted molar refractivity (Wildman–Crippen MR) is 104 cm³/mol. The number of likely N-dealkylation sites (N-methyl/N-ethyl adjacent to an activating group) is 1. The number of carboxylic acid groups (broad SMARTS) is 1. The van der Waals surface area contributed by atoms with Gasteiger partial charge in [0.1, 0.15) is 0 Å². The largest absolute Gasteiger partial charge is 0.476 e. The number of carbonyl (C=O) groups is 2. The summed E-state index contributed by atoms with van der Waals surface area (Å²) in [6.07, 6.45) is -1.51. The molecule has 0 atom stereocenters. The standard InChI is InChI=1S/C20H23F2N3O4/c1-25(6-7-29-2)12-18(26)24-16-10-15(11-23-19(16)20(27)28)14-5-3-4-13(8-14)9-17(21)22/h3-5,8,10-11,17H,6-7,9,12H2,1-2H3,(H,24,26)(H,27,28). The van der Waals surface area contributed by atoms with Crippen LogP contribution in [0.15, 0.2) is 36.5 Å². The van der Waals surface area contributed by atoms with Crippen molar-refractivity contribution in [1.29, 1.82) is 0 Å². The van der Waals surface area contributed by atoms with E-state index in [-0.39, 0.29) is 24.3 Å². The molecule has 0 aliphatic rings. The Morgan fingerprint density at radius 2 is 2.03 bits per heavy atom. The number of aromatic nitrogens is 1. The number of aromatic carboxylic acids is 1. The highest BCUT2D eigenvalue weighted by Crippen LogP contribution is 2.25. The van der Waals surface area contributed by atoms with Crippen molar-refractivity contribution in [1.82, 2.24) is 9.88 Å². The van der Waals surface area contributed by atoms with Gasteiger partial charge in [0.25, 0.3) is 0 Å². The monoisotopic (exact) mass is 407 g/mol. The van der Waals surface area contributed by atoms with Crippen LogP contribution in [0, 0.1) is 0 Å². The van der Waals surface area contributed by atoms with E-state index < -0.39 is 18.3 Å². The Morgan fingerprint density at radius 3 is 2.69 bits per heavy atom. The molecule has 0 spiro atoms. The zero-order chi connectivity index (χ0) is 21.4. The summed E-state index contributed by atoms with van der Waals surface area (Å²) in [5, 5.41) is 11.9. The molecule has 0 radical (unpaired) electrons. The average molecular weight is 407 g/mol. The van der Waals surface area contributed by atoms with Gasteiger partial charge in [0.05, 0.1) is 18.8 Å². The van der Waals surface area contributed by atoms with E-state index in [1.807, 2.05) is 0 Å². The summed E-state index contributed by atoms with van der Waals surface area (Å²) in [7, 11) is 3.29. The van der Waals surface area contributed by atoms with Crippen LogP contribution in [0.25, 0.3) is 11.1 Å². The van der Waals surface area contributed by atoms with E-state index in [1.54, 1.807) is 43.3 Å². The van der Waals surface area contributed by atoms with Gasteiger partial charge in [-0.1, -0.05) is 24.3 Å². The molecule has 0 saturated carbocycles. The fourth-order valence-corrected chi connectivity index (χ4v) is 2.71. The Bertz CT molecular complexity index is 861. The molecule has 1 aromatic carbocycles. The van der Waals surface area contributed by atoms with E-state index in [4.69, 9.17) is 4.74 Å². The Morgan fingerprint density at radius 1 is 1.28 bits per heavy atom. The van der Waals surface area contributed by atoms with Crippen LogP contribution < -0.4 is 5.32 Å². The molecule has 0 unspecified atom stereocenters. The van der Waals surface area contributed by atoms with E-state index in [9.17, 15) is 23.5 Å². The molecule has 2 rings (SSSR count). The van der Waals surface area contributed by atoms with Crippen molar-refractivity contribution in [2.24, 2.45) is 0 Å². The number of nitrogens with zero attached hydrogens (tertiary/aromatic N) is 2. The number of halogens is 2. The van der Waals surface area contributed by atoms with Gasteiger partial charge in [-0.2, -0.15) is 0 Å². The molecule has 9 heteroatoms. The number of nitrogens with one attached hydrogen (secondary N) is 1. The van der Waals surface area contributed by atoms with Crippen molar-refractivity contribution in [3.63, 3.8) is 0 Å². The maximum atomic E-state index is 12.6. The highest BCUT2D eigenvalue weighted by Gasteiger charge is 2.17. The molecule has 0 fully saturated rings. The highest BCUT2D eigenvalue weighted by molar-refractivity contribution is 6.00. The quantitative estimate of drug-likeness (QED) is 0.629. The van der Waals surface area contributed by atoms with Crippen molar-refractivity contribution in [3.05, 3.63) is 47.8 Å². The van der Waals surface area contributed by atoms with Crippen LogP contribution in [0.4, 0.5) is 14.5 Å². The number of hydrogen-bond acceptors (Lipinski definition) is 5. The number of methoxy groups -OCH3 is 1. The third-order valence-electron chi connectivity index (χ3n) is 4.11. The number of benzene rings is 1. The number of anilines is 1. The lowest BCUT2D eigenvalue weighted by Crippen LogP contribution is -2.32. The summed E-state index contributed by atoms with van der Waals surface area (Å²) in [4.78, 5) is 29.4. The number of ether oxygens (including phenoxy) is 1. The van der Waals surface area contributed by atoms with Crippen molar-refractivity contribution in [3.8, 4) is 11.1 Å². The van der Waals surface area contributed by atoms with Gasteiger partial charge in [0.15, 0.2) is 5.69 Å². The summed E-state index contributed by atoms with van der Waals surface area (Å²) in [5.41, 5.74) is 1.30. The lowest BCUT2D eigenvalue weighted by atomic mass is 10.0. The summed E-state index contributed by atoms with van der Waals surface area (Å²) in [6, 6.07) is 8.00. The molecule has 1 aromatic heterocycles. The van der Waals surface area contributed by atoms with Gasteiger partial charge in [-0.15, -0.1) is 0 Å². The molecule has 2 N–H and O–H groups in total. The maximum Gasteiger partial charge on any atom is 0.356 e. The van der Waals surface area contributed by atoms with Gasteiger partial charge >= 0.3 is 5.97 Å². The van der Waals surface area contributed by atoms with E-state index in [0.717, 1.165) is 0 Å². The van der Waals surface area contributed by atoms with Gasteiger partial charge in [-0.3, -0.25) is 9.69 Å². The minimum Gasteiger partial charge on any atom is -0.476 e. The third kappa shape index (κ3) is 6.88. The van der Waals surface area contributed by atoms with Crippen LogP contribution in [-0.4, -0.2) is 67.1 Å². The summed E-state index contributed by atoms with van der Waals surface area (Å²) in [5.74, 6) is -1.69. The predicted octanol–water partition coefficient (Wildman–Crippen LogP) is 2.77. The molecule has 0 saturated heterocycles. The SMILES string of the molecule is COCCN(C)CC(=O)Nc1cc(-c2cccc(CC(F)F)c2)cnc1C(=O)O. The molecule has 0 aliphatic heterocycles. The lowest BCUT2D eigenvalue weighted by molar-refractivity contribution is -0.117. The molecular weight excluding hydrogens is 384 g/mol. The summed E-state index contributed by atoms with van der Waals surface area (Å²) >= 11 is 0. The van der Waals surface area contributed by atoms with Gasteiger partial charge in [-0.05, 0) is 24.2 Å². The Balaban J connectivity index is 2.25. The molecule has 1 heterocycles. The minimum absolute atomic E-state index is 0.0382. The van der Waals surface area contributed by atoms with Crippen LogP contribution in [0.2, 0.25) is 0 Å². The van der Waals surface area contributed by atoms with E-state index in [0.29, 0.717) is 29.8 Å². The minimum atomic E-state index is -2.47. The number of amides is 1. The van der Waals surface area contributed by atoms with Crippen LogP contribution in [-0.2, 0) is 16.0 Å². The van der Waals surface area contributed by atoms with Gasteiger partial charge in [0.2, 0.25) is 12.3 Å². The second kappa shape index (κ2) is 10.6. The smallest absolute Gasteiger partial charge is 0.356 e. The number of carbonyl (C=O) groups excluding carboxylic acids is 1. The van der Waals surface area contributed by atoms with Crippen LogP contribution in [0.1, 0.15) is 16.1 Å². The maximum absolute atomic E-state index is 12.6. The molecule has 1 amide bonds. The molecule has 7 nitrogen and oxygen atoms in total. The lowest BCUT2D eigenvalue weighted by Gasteiger charge is -2.16. The fourth-order valence-electron chi connectivity index (χ4n) is 2.71. The van der Waals surface area contributed by atoms with E-state index >= 15 is 0 Å². The number of pyridine rings is 1. The molecule has 156 valence electrons. The summed E-state index contributed by atoms with van der Waals surface area (Å²) < 4.78 is 30.3. The second-order valence-corrected chi connectivity index (χ2v) is 6.50. The molecule has 0 aliphatic carbocycles. The average Bonchev–Trinajstić information content (AvgIpc) is 2.65. The van der Waals surface area contributed by atoms with Gasteiger partial charge in [0, 0.05) is 31.8 Å². The Labute approximate surface area is 167 Å². The van der Waals surface area contributed by atoms with Crippen LogP contribution in [0.3, 0.4) is 0 Å². The number of rotatable bonds is 10. The van der Waals surface area contributed by atoms with Crippen LogP contribution in [0.5, 0.6) is 0 Å². The van der Waals surface area contributed by atoms with Crippen molar-refractivity contribution in [2.75, 3.05) is 39.2 Å². The summed E-state index contributed by atoms with van der Waals surface area (Å²) in [6.45, 7) is 1.03.